The minimum absolute atomic E-state index is 0.0164. The minimum atomic E-state index is -2.04. The molecular formula is C33H48F4N8O8. The number of primary amides is 2. The lowest BCUT2D eigenvalue weighted by molar-refractivity contribution is -0.142. The largest absolute Gasteiger partial charge is 0.394 e. The predicted molar refractivity (Wildman–Crippen MR) is 179 cm³/mol. The van der Waals surface area contributed by atoms with Crippen LogP contribution in [0.15, 0.2) is 6.07 Å². The zero-order chi connectivity index (χ0) is 40.3. The highest BCUT2D eigenvalue weighted by molar-refractivity contribution is 5.98. The molecule has 16 nitrogen and oxygen atoms in total. The second-order valence-corrected chi connectivity index (χ2v) is 13.7. The molecule has 0 bridgehead atoms. The third kappa shape index (κ3) is 12.7. The Balaban J connectivity index is 2.40. The smallest absolute Gasteiger partial charge is 0.246 e. The molecule has 20 heteroatoms. The number of halogens is 4. The van der Waals surface area contributed by atoms with E-state index < -0.39 is 126 Å². The van der Waals surface area contributed by atoms with Crippen LogP contribution in [0.4, 0.5) is 17.6 Å². The van der Waals surface area contributed by atoms with Crippen molar-refractivity contribution < 1.29 is 56.2 Å². The number of nitrogens with zero attached hydrogens (tertiary/aromatic N) is 1. The van der Waals surface area contributed by atoms with Crippen LogP contribution in [-0.4, -0.2) is 101 Å². The van der Waals surface area contributed by atoms with Gasteiger partial charge in [-0.2, -0.15) is 0 Å². The van der Waals surface area contributed by atoms with Gasteiger partial charge in [-0.25, -0.2) is 17.6 Å². The van der Waals surface area contributed by atoms with Gasteiger partial charge < -0.3 is 48.5 Å². The third-order valence-electron chi connectivity index (χ3n) is 8.35. The monoisotopic (exact) mass is 760 g/mol. The van der Waals surface area contributed by atoms with Crippen LogP contribution in [-0.2, 0) is 40.0 Å². The lowest BCUT2D eigenvalue weighted by atomic mass is 9.98. The number of likely N-dealkylation sites (tertiary alicyclic amines) is 1. The molecule has 1 aliphatic rings. The van der Waals surface area contributed by atoms with E-state index >= 15 is 0 Å². The topological polar surface area (TPSA) is 269 Å². The van der Waals surface area contributed by atoms with Crippen molar-refractivity contribution >= 4 is 41.4 Å². The van der Waals surface area contributed by atoms with Gasteiger partial charge in [-0.05, 0) is 37.5 Å². The summed E-state index contributed by atoms with van der Waals surface area (Å²) in [4.78, 5) is 91.7. The van der Waals surface area contributed by atoms with Crippen molar-refractivity contribution in [2.75, 3.05) is 13.2 Å². The van der Waals surface area contributed by atoms with Crippen LogP contribution < -0.4 is 38.5 Å². The highest BCUT2D eigenvalue weighted by Gasteiger charge is 2.39. The summed E-state index contributed by atoms with van der Waals surface area (Å²) >= 11 is 0. The Labute approximate surface area is 303 Å². The molecule has 0 spiro atoms. The van der Waals surface area contributed by atoms with Gasteiger partial charge in [-0.15, -0.1) is 0 Å². The first-order valence-electron chi connectivity index (χ1n) is 17.0. The summed E-state index contributed by atoms with van der Waals surface area (Å²) in [6.45, 7) is 6.01. The van der Waals surface area contributed by atoms with E-state index in [1.54, 1.807) is 27.7 Å². The normalized spacial score (nSPS) is 17.1. The zero-order valence-electron chi connectivity index (χ0n) is 29.8. The molecule has 1 heterocycles. The Hall–Kier alpha value is -4.85. The van der Waals surface area contributed by atoms with Crippen LogP contribution in [0.5, 0.6) is 0 Å². The first-order valence-corrected chi connectivity index (χ1v) is 17.0. The maximum Gasteiger partial charge on any atom is 0.246 e. The third-order valence-corrected chi connectivity index (χ3v) is 8.35. The van der Waals surface area contributed by atoms with E-state index in [4.69, 9.17) is 17.2 Å². The average Bonchev–Trinajstić information content (AvgIpc) is 3.57. The Morgan fingerprint density at radius 3 is 1.74 bits per heavy atom. The first-order chi connectivity index (χ1) is 24.7. The maximum absolute atomic E-state index is 14.6. The molecule has 0 saturated carbocycles. The van der Waals surface area contributed by atoms with Gasteiger partial charge in [-0.1, -0.05) is 27.7 Å². The molecule has 1 saturated heterocycles. The van der Waals surface area contributed by atoms with Crippen LogP contribution in [0.2, 0.25) is 0 Å². The van der Waals surface area contributed by atoms with Gasteiger partial charge >= 0.3 is 0 Å². The summed E-state index contributed by atoms with van der Waals surface area (Å²) in [6.07, 6.45) is -1.12. The maximum atomic E-state index is 14.6. The van der Waals surface area contributed by atoms with Gasteiger partial charge in [0.05, 0.1) is 13.0 Å². The van der Waals surface area contributed by atoms with Gasteiger partial charge in [0.15, 0.2) is 17.5 Å². The first kappa shape index (κ1) is 44.3. The Morgan fingerprint density at radius 2 is 1.26 bits per heavy atom. The van der Waals surface area contributed by atoms with Gasteiger partial charge in [0.25, 0.3) is 0 Å². The summed E-state index contributed by atoms with van der Waals surface area (Å²) < 4.78 is 56.8. The number of carbonyl (C=O) groups is 7. The fourth-order valence-corrected chi connectivity index (χ4v) is 5.72. The van der Waals surface area contributed by atoms with Crippen molar-refractivity contribution in [2.24, 2.45) is 29.0 Å². The molecule has 1 aromatic carbocycles. The second-order valence-electron chi connectivity index (χ2n) is 13.7. The number of nitrogens with two attached hydrogens (primary N) is 3. The molecule has 1 aromatic rings. The van der Waals surface area contributed by atoms with E-state index in [2.05, 4.69) is 21.3 Å². The Bertz CT molecular complexity index is 1550. The van der Waals surface area contributed by atoms with Crippen molar-refractivity contribution in [3.05, 3.63) is 34.9 Å². The number of benzene rings is 1. The number of hydrogen-bond acceptors (Lipinski definition) is 9. The average molecular weight is 761 g/mol. The van der Waals surface area contributed by atoms with Gasteiger partial charge in [0, 0.05) is 24.6 Å². The molecule has 2 rings (SSSR count). The quantitative estimate of drug-likeness (QED) is 0.0462. The van der Waals surface area contributed by atoms with Crippen molar-refractivity contribution in [1.29, 1.82) is 0 Å². The molecule has 7 amide bonds. The van der Waals surface area contributed by atoms with Crippen LogP contribution in [0.3, 0.4) is 0 Å². The Kier molecular flexibility index (Phi) is 16.6. The van der Waals surface area contributed by atoms with E-state index in [0.29, 0.717) is 6.42 Å². The standard InChI is InChI=1S/C33H48F4N8O8/c1-14(2)8-20(43-32(52)22(41-29(49)19(38)13-46)10-16-17(34)11-18(35)27(37)26(16)36)30(50)42-21(9-15(3)4)31(51)44-23(12-25(39)47)33(53)45-7-5-6-24(45)28(40)48/h11,14-15,19-24,46H,5-10,12-13,38H2,1-4H3,(H2,39,47)(H2,40,48)(H,41,49)(H,42,50)(H,43,52)(H,44,51)/t19-,20-,21-,22-,23-,24-/m0/s1. The van der Waals surface area contributed by atoms with Crippen molar-refractivity contribution in [3.8, 4) is 0 Å². The number of nitrogens with one attached hydrogen (secondary N) is 4. The summed E-state index contributed by atoms with van der Waals surface area (Å²) in [7, 11) is 0. The Morgan fingerprint density at radius 1 is 0.774 bits per heavy atom. The molecule has 53 heavy (non-hydrogen) atoms. The molecular weight excluding hydrogens is 712 g/mol. The number of rotatable bonds is 19. The van der Waals surface area contributed by atoms with Crippen LogP contribution >= 0.6 is 0 Å². The number of carbonyl (C=O) groups excluding carboxylic acids is 7. The number of hydrogen-bond donors (Lipinski definition) is 8. The van der Waals surface area contributed by atoms with E-state index in [0.717, 1.165) is 4.90 Å². The number of aliphatic hydroxyl groups excluding tert-OH is 1. The van der Waals surface area contributed by atoms with Crippen LogP contribution in [0.1, 0.15) is 65.4 Å². The fourth-order valence-electron chi connectivity index (χ4n) is 5.72. The summed E-state index contributed by atoms with van der Waals surface area (Å²) in [6, 6.07) is -8.84. The molecule has 0 aromatic heterocycles. The van der Waals surface area contributed by atoms with Crippen molar-refractivity contribution in [3.63, 3.8) is 0 Å². The minimum Gasteiger partial charge on any atom is -0.394 e. The lowest BCUT2D eigenvalue weighted by Crippen LogP contribution is -2.60. The highest BCUT2D eigenvalue weighted by atomic mass is 19.2. The van der Waals surface area contributed by atoms with Gasteiger partial charge in [0.2, 0.25) is 41.4 Å². The highest BCUT2D eigenvalue weighted by Crippen LogP contribution is 2.22. The molecule has 11 N–H and O–H groups in total. The van der Waals surface area contributed by atoms with Crippen molar-refractivity contribution in [1.82, 2.24) is 26.2 Å². The summed E-state index contributed by atoms with van der Waals surface area (Å²) in [5, 5.41) is 18.7. The summed E-state index contributed by atoms with van der Waals surface area (Å²) in [5.74, 6) is -14.8. The molecule has 296 valence electrons. The zero-order valence-corrected chi connectivity index (χ0v) is 29.8. The van der Waals surface area contributed by atoms with E-state index in [-0.39, 0.29) is 43.7 Å². The molecule has 6 atom stereocenters. The van der Waals surface area contributed by atoms with Gasteiger partial charge in [0.1, 0.15) is 42.1 Å². The van der Waals surface area contributed by atoms with E-state index in [1.165, 1.54) is 0 Å². The molecule has 0 radical (unpaired) electrons. The van der Waals surface area contributed by atoms with Crippen molar-refractivity contribution in [2.45, 2.75) is 102 Å². The summed E-state index contributed by atoms with van der Waals surface area (Å²) in [5.41, 5.74) is 15.2. The second kappa shape index (κ2) is 19.8. The fraction of sp³-hybridized carbons (Fsp3) is 0.606. The van der Waals surface area contributed by atoms with E-state index in [9.17, 15) is 56.2 Å². The van der Waals surface area contributed by atoms with E-state index in [1.807, 2.05) is 0 Å². The molecule has 1 fully saturated rings. The molecule has 1 aliphatic heterocycles. The SMILES string of the molecule is CC(C)C[C@H](NC(=O)[C@H](Cc1c(F)cc(F)c(F)c1F)NC(=O)[C@@H](N)CO)C(=O)N[C@@H](CC(C)C)C(=O)N[C@@H](CC(N)=O)C(=O)N1CCC[C@H]1C(N)=O. The molecule has 0 unspecified atom stereocenters. The van der Waals surface area contributed by atoms with Crippen LogP contribution in [0, 0.1) is 35.1 Å². The molecule has 0 aliphatic carbocycles. The van der Waals surface area contributed by atoms with Gasteiger partial charge in [-0.3, -0.25) is 33.6 Å². The number of aliphatic hydroxyl groups is 1. The van der Waals surface area contributed by atoms with Crippen LogP contribution in [0.25, 0.3) is 0 Å². The lowest BCUT2D eigenvalue weighted by Gasteiger charge is -2.30. The number of amides is 7. The predicted octanol–water partition coefficient (Wildman–Crippen LogP) is -1.51.